The predicted octanol–water partition coefficient (Wildman–Crippen LogP) is 0.845. The molecule has 0 radical (unpaired) electrons. The summed E-state index contributed by atoms with van der Waals surface area (Å²) < 4.78 is 10.2. The number of thioether (sulfide) groups is 1. The number of rotatable bonds is 4. The van der Waals surface area contributed by atoms with Gasteiger partial charge in [-0.3, -0.25) is 29.4 Å². The summed E-state index contributed by atoms with van der Waals surface area (Å²) in [6.07, 6.45) is 1.20. The molecule has 10 nitrogen and oxygen atoms in total. The van der Waals surface area contributed by atoms with E-state index in [1.165, 1.54) is 18.2 Å². The van der Waals surface area contributed by atoms with Gasteiger partial charge in [0.15, 0.2) is 11.5 Å². The predicted molar refractivity (Wildman–Crippen MR) is 81.1 cm³/mol. The number of hydrogen-bond acceptors (Lipinski definition) is 8. The van der Waals surface area contributed by atoms with E-state index >= 15 is 0 Å². The smallest absolute Gasteiger partial charge is 0.294 e. The van der Waals surface area contributed by atoms with Crippen LogP contribution in [0.4, 0.5) is 10.5 Å². The first kappa shape index (κ1) is 15.8. The number of ether oxygens (including phenoxy) is 2. The lowest BCUT2D eigenvalue weighted by atomic mass is 10.1. The quantitative estimate of drug-likeness (QED) is 0.478. The first-order valence-corrected chi connectivity index (χ1v) is 7.30. The van der Waals surface area contributed by atoms with Crippen molar-refractivity contribution in [2.75, 3.05) is 13.3 Å². The second-order valence-electron chi connectivity index (χ2n) is 4.76. The SMILES string of the molecule is NC(=O)CN1C(=O)S/C(=C\c2cc3c(cc2[N+](=O)[O-])OCO3)C1=O. The summed E-state index contributed by atoms with van der Waals surface area (Å²) in [7, 11) is 0. The summed E-state index contributed by atoms with van der Waals surface area (Å²) in [5.41, 5.74) is 4.76. The highest BCUT2D eigenvalue weighted by Crippen LogP contribution is 2.40. The third-order valence-corrected chi connectivity index (χ3v) is 4.10. The van der Waals surface area contributed by atoms with E-state index in [1.54, 1.807) is 0 Å². The van der Waals surface area contributed by atoms with Crippen molar-refractivity contribution in [1.82, 2.24) is 4.90 Å². The number of hydrogen-bond donors (Lipinski definition) is 1. The van der Waals surface area contributed by atoms with Crippen LogP contribution in [-0.4, -0.2) is 40.2 Å². The molecule has 2 N–H and O–H groups in total. The van der Waals surface area contributed by atoms with Gasteiger partial charge in [-0.2, -0.15) is 0 Å². The second-order valence-corrected chi connectivity index (χ2v) is 5.75. The van der Waals surface area contributed by atoms with E-state index in [9.17, 15) is 24.5 Å². The van der Waals surface area contributed by atoms with Crippen LogP contribution >= 0.6 is 11.8 Å². The lowest BCUT2D eigenvalue weighted by Gasteiger charge is -2.08. The van der Waals surface area contributed by atoms with E-state index in [2.05, 4.69) is 0 Å². The molecule has 1 fully saturated rings. The molecule has 0 aliphatic carbocycles. The van der Waals surface area contributed by atoms with E-state index in [4.69, 9.17) is 15.2 Å². The van der Waals surface area contributed by atoms with Gasteiger partial charge in [-0.05, 0) is 23.9 Å². The van der Waals surface area contributed by atoms with Crippen molar-refractivity contribution in [2.45, 2.75) is 0 Å². The fourth-order valence-electron chi connectivity index (χ4n) is 2.15. The van der Waals surface area contributed by atoms with Crippen molar-refractivity contribution in [1.29, 1.82) is 0 Å². The van der Waals surface area contributed by atoms with E-state index in [0.717, 1.165) is 0 Å². The van der Waals surface area contributed by atoms with Crippen LogP contribution in [0.2, 0.25) is 0 Å². The van der Waals surface area contributed by atoms with Gasteiger partial charge < -0.3 is 15.2 Å². The van der Waals surface area contributed by atoms with Gasteiger partial charge >= 0.3 is 0 Å². The van der Waals surface area contributed by atoms with Crippen molar-refractivity contribution >= 4 is 40.6 Å². The minimum Gasteiger partial charge on any atom is -0.454 e. The van der Waals surface area contributed by atoms with Gasteiger partial charge in [0.2, 0.25) is 12.7 Å². The third-order valence-electron chi connectivity index (χ3n) is 3.19. The van der Waals surface area contributed by atoms with E-state index in [0.29, 0.717) is 22.4 Å². The molecule has 3 amide bonds. The van der Waals surface area contributed by atoms with E-state index in [-0.39, 0.29) is 28.7 Å². The summed E-state index contributed by atoms with van der Waals surface area (Å²) in [5.74, 6) is -1.06. The lowest BCUT2D eigenvalue weighted by molar-refractivity contribution is -0.385. The zero-order valence-electron chi connectivity index (χ0n) is 11.9. The van der Waals surface area contributed by atoms with Crippen LogP contribution in [0.1, 0.15) is 5.56 Å². The minimum atomic E-state index is -0.840. The first-order chi connectivity index (χ1) is 11.4. The molecule has 1 aromatic carbocycles. The van der Waals surface area contributed by atoms with Gasteiger partial charge in [0.25, 0.3) is 16.8 Å². The number of carbonyl (C=O) groups excluding carboxylic acids is 3. The van der Waals surface area contributed by atoms with Gasteiger partial charge in [0.05, 0.1) is 21.5 Å². The van der Waals surface area contributed by atoms with Crippen LogP contribution < -0.4 is 15.2 Å². The Labute approximate surface area is 138 Å². The average molecular weight is 351 g/mol. The molecule has 24 heavy (non-hydrogen) atoms. The van der Waals surface area contributed by atoms with E-state index in [1.807, 2.05) is 0 Å². The zero-order valence-corrected chi connectivity index (χ0v) is 12.7. The number of imide groups is 1. The fourth-order valence-corrected chi connectivity index (χ4v) is 2.98. The number of nitro groups is 1. The maximum Gasteiger partial charge on any atom is 0.294 e. The summed E-state index contributed by atoms with van der Waals surface area (Å²) >= 11 is 0.568. The minimum absolute atomic E-state index is 0.0526. The van der Waals surface area contributed by atoms with Gasteiger partial charge in [-0.25, -0.2) is 0 Å². The number of nitro benzene ring substituents is 1. The Kier molecular flexibility index (Phi) is 3.85. The van der Waals surface area contributed by atoms with Crippen LogP contribution in [0, 0.1) is 10.1 Å². The van der Waals surface area contributed by atoms with Gasteiger partial charge in [-0.15, -0.1) is 0 Å². The Morgan fingerprint density at radius 3 is 2.67 bits per heavy atom. The average Bonchev–Trinajstić information content (AvgIpc) is 3.06. The molecule has 11 heteroatoms. The normalized spacial score (nSPS) is 17.7. The number of primary amides is 1. The first-order valence-electron chi connectivity index (χ1n) is 6.48. The van der Waals surface area contributed by atoms with E-state index < -0.39 is 28.5 Å². The van der Waals surface area contributed by atoms with Crippen LogP contribution in [0.25, 0.3) is 6.08 Å². The maximum absolute atomic E-state index is 12.2. The zero-order chi connectivity index (χ0) is 17.4. The molecule has 0 aromatic heterocycles. The molecular weight excluding hydrogens is 342 g/mol. The molecule has 0 unspecified atom stereocenters. The molecule has 2 aliphatic heterocycles. The fraction of sp³-hybridized carbons (Fsp3) is 0.154. The Morgan fingerprint density at radius 1 is 1.38 bits per heavy atom. The molecule has 0 spiro atoms. The van der Waals surface area contributed by atoms with Crippen LogP contribution in [0.3, 0.4) is 0 Å². The molecule has 1 saturated heterocycles. The second kappa shape index (κ2) is 5.85. The molecule has 124 valence electrons. The van der Waals surface area contributed by atoms with Crippen molar-refractivity contribution in [2.24, 2.45) is 5.73 Å². The van der Waals surface area contributed by atoms with Crippen molar-refractivity contribution in [3.05, 3.63) is 32.7 Å². The Balaban J connectivity index is 2.00. The summed E-state index contributed by atoms with van der Waals surface area (Å²) in [5, 5.41) is 10.5. The number of amides is 3. The van der Waals surface area contributed by atoms with Gasteiger partial charge in [-0.1, -0.05) is 0 Å². The maximum atomic E-state index is 12.2. The van der Waals surface area contributed by atoms with Crippen molar-refractivity contribution in [3.8, 4) is 11.5 Å². The van der Waals surface area contributed by atoms with Crippen molar-refractivity contribution in [3.63, 3.8) is 0 Å². The summed E-state index contributed by atoms with van der Waals surface area (Å²) in [4.78, 5) is 46.0. The highest BCUT2D eigenvalue weighted by molar-refractivity contribution is 8.18. The Morgan fingerprint density at radius 2 is 2.04 bits per heavy atom. The molecular formula is C13H9N3O7S. The molecule has 0 saturated carbocycles. The Hall–Kier alpha value is -3.08. The number of fused-ring (bicyclic) bond motifs is 1. The molecule has 0 bridgehead atoms. The molecule has 0 atom stereocenters. The number of carbonyl (C=O) groups is 3. The largest absolute Gasteiger partial charge is 0.454 e. The lowest BCUT2D eigenvalue weighted by Crippen LogP contribution is -2.36. The summed E-state index contributed by atoms with van der Waals surface area (Å²) in [6, 6.07) is 2.53. The molecule has 3 rings (SSSR count). The molecule has 2 aliphatic rings. The summed E-state index contributed by atoms with van der Waals surface area (Å²) in [6.45, 7) is -0.615. The third kappa shape index (κ3) is 2.76. The Bertz CT molecular complexity index is 820. The van der Waals surface area contributed by atoms with Crippen LogP contribution in [0.5, 0.6) is 11.5 Å². The molecule has 2 heterocycles. The van der Waals surface area contributed by atoms with Gasteiger partial charge in [0, 0.05) is 0 Å². The number of benzene rings is 1. The van der Waals surface area contributed by atoms with Crippen molar-refractivity contribution < 1.29 is 28.8 Å². The van der Waals surface area contributed by atoms with Gasteiger partial charge in [0.1, 0.15) is 6.54 Å². The topological polar surface area (TPSA) is 142 Å². The van der Waals surface area contributed by atoms with Crippen LogP contribution in [0.15, 0.2) is 17.0 Å². The highest BCUT2D eigenvalue weighted by atomic mass is 32.2. The number of nitrogens with two attached hydrogens (primary N) is 1. The standard InChI is InChI=1S/C13H9N3O7S/c14-11(17)4-15-12(18)10(24-13(15)19)2-6-1-8-9(23-5-22-8)3-7(6)16(20)21/h1-3H,4-5H2,(H2,14,17)/b10-2-. The highest BCUT2D eigenvalue weighted by Gasteiger charge is 2.36. The monoisotopic (exact) mass is 351 g/mol. The number of nitrogens with zero attached hydrogens (tertiary/aromatic N) is 2. The molecule has 1 aromatic rings. The van der Waals surface area contributed by atoms with Crippen LogP contribution in [-0.2, 0) is 9.59 Å².